The molecule has 2 atom stereocenters. The molecule has 2 aromatic rings. The van der Waals surface area contributed by atoms with Crippen molar-refractivity contribution in [2.75, 3.05) is 13.1 Å². The number of hydrogen-bond donors (Lipinski definition) is 1. The number of nitrogens with one attached hydrogen (secondary N) is 1. The SMILES string of the molecule is O=[S@@](c1nc2ccccc2nc1Cl)[C@H]1CCNC1. The molecule has 18 heavy (non-hydrogen) atoms. The molecule has 0 amide bonds. The molecule has 2 heterocycles. The Balaban J connectivity index is 2.05. The first kappa shape index (κ1) is 12.0. The lowest BCUT2D eigenvalue weighted by Gasteiger charge is -2.09. The molecule has 1 N–H and O–H groups in total. The first-order chi connectivity index (χ1) is 8.75. The number of fused-ring (bicyclic) bond motifs is 1. The van der Waals surface area contributed by atoms with E-state index in [1.54, 1.807) is 0 Å². The summed E-state index contributed by atoms with van der Waals surface area (Å²) in [6, 6.07) is 7.46. The molecule has 1 saturated heterocycles. The second-order valence-electron chi connectivity index (χ2n) is 4.22. The van der Waals surface area contributed by atoms with E-state index in [0.29, 0.717) is 5.03 Å². The molecule has 1 fully saturated rings. The number of rotatable bonds is 2. The average molecular weight is 282 g/mol. The summed E-state index contributed by atoms with van der Waals surface area (Å²) in [6.45, 7) is 1.65. The van der Waals surface area contributed by atoms with E-state index in [1.807, 2.05) is 24.3 Å². The highest BCUT2D eigenvalue weighted by atomic mass is 35.5. The van der Waals surface area contributed by atoms with Crippen molar-refractivity contribution in [1.82, 2.24) is 15.3 Å². The smallest absolute Gasteiger partial charge is 0.165 e. The van der Waals surface area contributed by atoms with Gasteiger partial charge in [-0.3, -0.25) is 4.21 Å². The zero-order chi connectivity index (χ0) is 12.5. The molecule has 3 rings (SSSR count). The summed E-state index contributed by atoms with van der Waals surface area (Å²) < 4.78 is 12.4. The van der Waals surface area contributed by atoms with Gasteiger partial charge in [0.1, 0.15) is 0 Å². The van der Waals surface area contributed by atoms with Crippen molar-refractivity contribution in [3.8, 4) is 0 Å². The summed E-state index contributed by atoms with van der Waals surface area (Å²) >= 11 is 6.09. The van der Waals surface area contributed by atoms with E-state index in [2.05, 4.69) is 15.3 Å². The second kappa shape index (κ2) is 4.91. The van der Waals surface area contributed by atoms with Crippen molar-refractivity contribution in [2.45, 2.75) is 16.7 Å². The quantitative estimate of drug-likeness (QED) is 0.911. The van der Waals surface area contributed by atoms with Gasteiger partial charge in [0.2, 0.25) is 0 Å². The van der Waals surface area contributed by atoms with Crippen LogP contribution in [-0.4, -0.2) is 32.5 Å². The molecular formula is C12H12ClN3OS. The van der Waals surface area contributed by atoms with Gasteiger partial charge in [-0.15, -0.1) is 0 Å². The first-order valence-electron chi connectivity index (χ1n) is 5.79. The molecule has 0 saturated carbocycles. The van der Waals surface area contributed by atoms with Crippen LogP contribution in [-0.2, 0) is 10.8 Å². The Labute approximate surface area is 112 Å². The Bertz CT molecular complexity index is 613. The number of para-hydroxylation sites is 2. The summed E-state index contributed by atoms with van der Waals surface area (Å²) in [4.78, 5) is 8.65. The fourth-order valence-electron chi connectivity index (χ4n) is 2.06. The van der Waals surface area contributed by atoms with Crippen LogP contribution >= 0.6 is 11.6 Å². The van der Waals surface area contributed by atoms with E-state index < -0.39 is 10.8 Å². The largest absolute Gasteiger partial charge is 0.315 e. The Morgan fingerprint density at radius 1 is 1.28 bits per heavy atom. The zero-order valence-electron chi connectivity index (χ0n) is 9.60. The van der Waals surface area contributed by atoms with E-state index >= 15 is 0 Å². The van der Waals surface area contributed by atoms with Crippen LogP contribution < -0.4 is 5.32 Å². The summed E-state index contributed by atoms with van der Waals surface area (Å²) in [5.74, 6) is 0. The monoisotopic (exact) mass is 281 g/mol. The Morgan fingerprint density at radius 2 is 2.00 bits per heavy atom. The normalized spacial score (nSPS) is 21.3. The maximum absolute atomic E-state index is 12.4. The zero-order valence-corrected chi connectivity index (χ0v) is 11.2. The van der Waals surface area contributed by atoms with Gasteiger partial charge in [0, 0.05) is 6.54 Å². The van der Waals surface area contributed by atoms with Crippen molar-refractivity contribution in [3.05, 3.63) is 29.4 Å². The van der Waals surface area contributed by atoms with Crippen molar-refractivity contribution in [1.29, 1.82) is 0 Å². The van der Waals surface area contributed by atoms with Crippen LogP contribution in [0.3, 0.4) is 0 Å². The highest BCUT2D eigenvalue weighted by molar-refractivity contribution is 7.85. The van der Waals surface area contributed by atoms with Crippen LogP contribution in [0.4, 0.5) is 0 Å². The molecule has 0 unspecified atom stereocenters. The van der Waals surface area contributed by atoms with Crippen molar-refractivity contribution < 1.29 is 4.21 Å². The van der Waals surface area contributed by atoms with E-state index in [0.717, 1.165) is 30.5 Å². The number of nitrogens with zero attached hydrogens (tertiary/aromatic N) is 2. The predicted octanol–water partition coefficient (Wildman–Crippen LogP) is 1.75. The molecule has 1 aliphatic heterocycles. The Morgan fingerprint density at radius 3 is 2.67 bits per heavy atom. The summed E-state index contributed by atoms with van der Waals surface area (Å²) in [5, 5.41) is 3.93. The summed E-state index contributed by atoms with van der Waals surface area (Å²) in [7, 11) is -1.19. The van der Waals surface area contributed by atoms with Crippen molar-refractivity contribution in [2.24, 2.45) is 0 Å². The molecule has 0 spiro atoms. The standard InChI is InChI=1S/C12H12ClN3OS/c13-11-12(18(17)8-5-6-14-7-8)16-10-4-2-1-3-9(10)15-11/h1-4,8,14H,5-7H2/t8-,18+/m0/s1. The van der Waals surface area contributed by atoms with Crippen LogP contribution in [0.25, 0.3) is 11.0 Å². The maximum Gasteiger partial charge on any atom is 0.165 e. The van der Waals surface area contributed by atoms with Gasteiger partial charge in [0.25, 0.3) is 0 Å². The molecule has 0 bridgehead atoms. The van der Waals surface area contributed by atoms with Crippen LogP contribution in [0, 0.1) is 0 Å². The van der Waals surface area contributed by atoms with Gasteiger partial charge >= 0.3 is 0 Å². The van der Waals surface area contributed by atoms with Crippen LogP contribution in [0.2, 0.25) is 5.15 Å². The third kappa shape index (κ3) is 2.13. The van der Waals surface area contributed by atoms with Gasteiger partial charge in [0.05, 0.1) is 27.1 Å². The number of benzene rings is 1. The molecule has 1 aromatic carbocycles. The highest BCUT2D eigenvalue weighted by Crippen LogP contribution is 2.23. The Hall–Kier alpha value is -1.04. The van der Waals surface area contributed by atoms with Gasteiger partial charge in [-0.25, -0.2) is 9.97 Å². The van der Waals surface area contributed by atoms with Crippen molar-refractivity contribution >= 4 is 33.4 Å². The molecule has 1 aliphatic rings. The fourth-order valence-corrected chi connectivity index (χ4v) is 3.74. The minimum atomic E-state index is -1.19. The predicted molar refractivity (Wildman–Crippen MR) is 72.2 cm³/mol. The summed E-state index contributed by atoms with van der Waals surface area (Å²) in [6.07, 6.45) is 0.886. The lowest BCUT2D eigenvalue weighted by molar-refractivity contribution is 0.669. The minimum Gasteiger partial charge on any atom is -0.315 e. The third-order valence-electron chi connectivity index (χ3n) is 3.01. The van der Waals surface area contributed by atoms with Gasteiger partial charge in [-0.2, -0.15) is 0 Å². The molecule has 4 nitrogen and oxygen atoms in total. The average Bonchev–Trinajstić information content (AvgIpc) is 2.91. The van der Waals surface area contributed by atoms with Crippen LogP contribution in [0.15, 0.2) is 29.3 Å². The van der Waals surface area contributed by atoms with Gasteiger partial charge in [-0.05, 0) is 25.1 Å². The van der Waals surface area contributed by atoms with E-state index in [4.69, 9.17) is 11.6 Å². The van der Waals surface area contributed by atoms with Crippen LogP contribution in [0.1, 0.15) is 6.42 Å². The number of aromatic nitrogens is 2. The summed E-state index contributed by atoms with van der Waals surface area (Å²) in [5.41, 5.74) is 1.46. The molecular weight excluding hydrogens is 270 g/mol. The molecule has 94 valence electrons. The lowest BCUT2D eigenvalue weighted by atomic mass is 10.3. The highest BCUT2D eigenvalue weighted by Gasteiger charge is 2.25. The van der Waals surface area contributed by atoms with E-state index in [-0.39, 0.29) is 10.4 Å². The number of hydrogen-bond acceptors (Lipinski definition) is 4. The Kier molecular flexibility index (Phi) is 3.28. The second-order valence-corrected chi connectivity index (χ2v) is 6.23. The molecule has 0 radical (unpaired) electrons. The molecule has 6 heteroatoms. The van der Waals surface area contributed by atoms with Crippen molar-refractivity contribution in [3.63, 3.8) is 0 Å². The fraction of sp³-hybridized carbons (Fsp3) is 0.333. The van der Waals surface area contributed by atoms with Gasteiger partial charge < -0.3 is 5.32 Å². The number of halogens is 1. The van der Waals surface area contributed by atoms with E-state index in [1.165, 1.54) is 0 Å². The van der Waals surface area contributed by atoms with Gasteiger partial charge in [-0.1, -0.05) is 23.7 Å². The molecule has 0 aliphatic carbocycles. The lowest BCUT2D eigenvalue weighted by Crippen LogP contribution is -2.20. The minimum absolute atomic E-state index is 0.0814. The third-order valence-corrected chi connectivity index (χ3v) is 5.06. The first-order valence-corrected chi connectivity index (χ1v) is 7.38. The maximum atomic E-state index is 12.4. The van der Waals surface area contributed by atoms with Gasteiger partial charge in [0.15, 0.2) is 10.2 Å². The van der Waals surface area contributed by atoms with Crippen LogP contribution in [0.5, 0.6) is 0 Å². The van der Waals surface area contributed by atoms with E-state index in [9.17, 15) is 4.21 Å². The topological polar surface area (TPSA) is 54.9 Å². The molecule has 1 aromatic heterocycles.